The fourth-order valence-corrected chi connectivity index (χ4v) is 2.24. The minimum absolute atomic E-state index is 0.518. The van der Waals surface area contributed by atoms with Crippen LogP contribution in [0.1, 0.15) is 79.4 Å². The maximum absolute atomic E-state index is 10.0. The van der Waals surface area contributed by atoms with Crippen LogP contribution in [-0.2, 0) is 0 Å². The van der Waals surface area contributed by atoms with Gasteiger partial charge in [-0.25, -0.2) is 0 Å². The maximum atomic E-state index is 10.0. The molecule has 30 heavy (non-hydrogen) atoms. The summed E-state index contributed by atoms with van der Waals surface area (Å²) >= 11 is 0. The van der Waals surface area contributed by atoms with Gasteiger partial charge >= 0.3 is 0 Å². The summed E-state index contributed by atoms with van der Waals surface area (Å²) in [5.41, 5.74) is -0.941. The fourth-order valence-electron chi connectivity index (χ4n) is 2.24. The summed E-state index contributed by atoms with van der Waals surface area (Å²) in [5, 5.41) is 20.0. The lowest BCUT2D eigenvalue weighted by Crippen LogP contribution is -2.15. The number of ether oxygens (including phenoxy) is 2. The van der Waals surface area contributed by atoms with Gasteiger partial charge in [-0.15, -0.1) is 0 Å². The van der Waals surface area contributed by atoms with Crippen molar-refractivity contribution in [3.63, 3.8) is 0 Å². The second kappa shape index (κ2) is 11.3. The van der Waals surface area contributed by atoms with Crippen LogP contribution in [0.15, 0.2) is 12.1 Å². The van der Waals surface area contributed by atoms with E-state index >= 15 is 0 Å². The smallest absolute Gasteiger partial charge is 0.136 e. The van der Waals surface area contributed by atoms with Crippen LogP contribution < -0.4 is 9.47 Å². The van der Waals surface area contributed by atoms with Crippen LogP contribution >= 0.6 is 0 Å². The van der Waals surface area contributed by atoms with Gasteiger partial charge < -0.3 is 19.7 Å². The van der Waals surface area contributed by atoms with E-state index in [0.717, 1.165) is 12.8 Å². The molecule has 1 aromatic carbocycles. The molecule has 0 spiro atoms. The molecular formula is C26H38O4. The van der Waals surface area contributed by atoms with E-state index in [2.05, 4.69) is 51.4 Å². The molecule has 0 saturated heterocycles. The average molecular weight is 415 g/mol. The van der Waals surface area contributed by atoms with Gasteiger partial charge in [0.05, 0.1) is 24.3 Å². The summed E-state index contributed by atoms with van der Waals surface area (Å²) < 4.78 is 12.0. The Bertz CT molecular complexity index is 730. The van der Waals surface area contributed by atoms with Gasteiger partial charge in [0.15, 0.2) is 0 Å². The summed E-state index contributed by atoms with van der Waals surface area (Å²) in [6.45, 7) is 16.3. The maximum Gasteiger partial charge on any atom is 0.136 e. The summed E-state index contributed by atoms with van der Waals surface area (Å²) in [7, 11) is 0. The molecule has 1 aromatic rings. The number of rotatable bonds is 8. The van der Waals surface area contributed by atoms with Crippen LogP contribution in [0, 0.1) is 35.5 Å². The van der Waals surface area contributed by atoms with Crippen molar-refractivity contribution < 1.29 is 19.7 Å². The summed E-state index contributed by atoms with van der Waals surface area (Å²) in [6, 6.07) is 3.64. The lowest BCUT2D eigenvalue weighted by Gasteiger charge is -2.15. The van der Waals surface area contributed by atoms with Crippen LogP contribution in [0.5, 0.6) is 11.5 Å². The highest BCUT2D eigenvalue weighted by atomic mass is 16.5. The first-order valence-corrected chi connectivity index (χ1v) is 10.7. The van der Waals surface area contributed by atoms with E-state index < -0.39 is 11.2 Å². The van der Waals surface area contributed by atoms with Crippen LogP contribution in [0.4, 0.5) is 0 Å². The van der Waals surface area contributed by atoms with Gasteiger partial charge in [0.1, 0.15) is 22.7 Å². The molecule has 0 aliphatic rings. The normalized spacial score (nSPS) is 11.6. The highest BCUT2D eigenvalue weighted by Crippen LogP contribution is 2.29. The van der Waals surface area contributed by atoms with Crippen molar-refractivity contribution in [1.82, 2.24) is 0 Å². The Labute approximate surface area is 183 Å². The van der Waals surface area contributed by atoms with Crippen molar-refractivity contribution in [2.45, 2.75) is 79.4 Å². The monoisotopic (exact) mass is 414 g/mol. The van der Waals surface area contributed by atoms with Crippen molar-refractivity contribution in [1.29, 1.82) is 0 Å². The predicted octanol–water partition coefficient (Wildman–Crippen LogP) is 4.78. The Balaban J connectivity index is 3.42. The third-order valence-corrected chi connectivity index (χ3v) is 3.99. The third-order valence-electron chi connectivity index (χ3n) is 3.99. The zero-order valence-electron chi connectivity index (χ0n) is 19.8. The molecule has 1 rings (SSSR count). The Morgan fingerprint density at radius 3 is 1.33 bits per heavy atom. The van der Waals surface area contributed by atoms with E-state index in [4.69, 9.17) is 9.47 Å². The molecule has 0 amide bonds. The molecule has 0 aromatic heterocycles. The van der Waals surface area contributed by atoms with Crippen LogP contribution in [0.25, 0.3) is 0 Å². The summed E-state index contributed by atoms with van der Waals surface area (Å²) in [4.78, 5) is 0. The molecular weight excluding hydrogens is 376 g/mol. The molecule has 2 N–H and O–H groups in total. The van der Waals surface area contributed by atoms with E-state index in [-0.39, 0.29) is 0 Å². The van der Waals surface area contributed by atoms with Gasteiger partial charge in [-0.2, -0.15) is 0 Å². The first-order chi connectivity index (χ1) is 13.8. The molecule has 4 heteroatoms. The van der Waals surface area contributed by atoms with Crippen LogP contribution in [-0.4, -0.2) is 34.6 Å². The number of aliphatic hydroxyl groups is 2. The summed E-state index contributed by atoms with van der Waals surface area (Å²) in [5.74, 6) is 14.0. The largest absolute Gasteiger partial charge is 0.492 e. The average Bonchev–Trinajstić information content (AvgIpc) is 2.57. The Kier molecular flexibility index (Phi) is 9.76. The van der Waals surface area contributed by atoms with Gasteiger partial charge in [0.2, 0.25) is 0 Å². The lowest BCUT2D eigenvalue weighted by molar-refractivity contribution is 0.143. The van der Waals surface area contributed by atoms with E-state index in [0.29, 0.717) is 47.7 Å². The molecule has 4 nitrogen and oxygen atoms in total. The Hall–Kier alpha value is -2.14. The second-order valence-electron chi connectivity index (χ2n) is 9.52. The van der Waals surface area contributed by atoms with Crippen molar-refractivity contribution in [2.75, 3.05) is 13.2 Å². The molecule has 166 valence electrons. The highest BCUT2D eigenvalue weighted by molar-refractivity contribution is 5.59. The number of hydrogen-bond acceptors (Lipinski definition) is 4. The molecule has 0 bridgehead atoms. The van der Waals surface area contributed by atoms with E-state index in [9.17, 15) is 10.2 Å². The lowest BCUT2D eigenvalue weighted by atomic mass is 10.0. The van der Waals surface area contributed by atoms with Gasteiger partial charge in [-0.1, -0.05) is 51.4 Å². The molecule has 0 heterocycles. The van der Waals surface area contributed by atoms with Gasteiger partial charge in [0.25, 0.3) is 0 Å². The molecule has 0 saturated carbocycles. The minimum atomic E-state index is -1.12. The topological polar surface area (TPSA) is 58.9 Å². The van der Waals surface area contributed by atoms with Crippen LogP contribution in [0.3, 0.4) is 0 Å². The standard InChI is InChI=1S/C26H38O4/c1-19(2)11-15-29-23-17-22(10-14-26(7,8)28)24(30-16-12-20(3)4)18-21(23)9-13-25(5,6)27/h17-20,27-28H,11-12,15-16H2,1-8H3. The van der Waals surface area contributed by atoms with Gasteiger partial charge in [-0.05, 0) is 52.4 Å². The minimum Gasteiger partial charge on any atom is -0.492 e. The fraction of sp³-hybridized carbons (Fsp3) is 0.615. The van der Waals surface area contributed by atoms with Crippen molar-refractivity contribution in [3.05, 3.63) is 23.3 Å². The number of hydrogen-bond donors (Lipinski definition) is 2. The molecule has 0 aliphatic heterocycles. The molecule has 0 atom stereocenters. The number of benzene rings is 1. The van der Waals surface area contributed by atoms with Crippen molar-refractivity contribution >= 4 is 0 Å². The molecule has 0 fully saturated rings. The zero-order chi connectivity index (χ0) is 22.9. The molecule has 0 unspecified atom stereocenters. The Morgan fingerprint density at radius 1 is 0.733 bits per heavy atom. The Morgan fingerprint density at radius 2 is 1.07 bits per heavy atom. The van der Waals surface area contributed by atoms with Crippen molar-refractivity contribution in [2.24, 2.45) is 11.8 Å². The molecule has 0 radical (unpaired) electrons. The van der Waals surface area contributed by atoms with Gasteiger partial charge in [0, 0.05) is 12.1 Å². The molecule has 0 aliphatic carbocycles. The highest BCUT2D eigenvalue weighted by Gasteiger charge is 2.14. The van der Waals surface area contributed by atoms with Crippen molar-refractivity contribution in [3.8, 4) is 35.2 Å². The zero-order valence-corrected chi connectivity index (χ0v) is 19.8. The first kappa shape index (κ1) is 25.9. The van der Waals surface area contributed by atoms with Crippen LogP contribution in [0.2, 0.25) is 0 Å². The summed E-state index contributed by atoms with van der Waals surface area (Å²) in [6.07, 6.45) is 1.82. The van der Waals surface area contributed by atoms with E-state index in [1.807, 2.05) is 12.1 Å². The van der Waals surface area contributed by atoms with E-state index in [1.165, 1.54) is 0 Å². The SMILES string of the molecule is CC(C)CCOc1cc(C#CC(C)(C)O)c(OCCC(C)C)cc1C#CC(C)(C)O. The second-order valence-corrected chi connectivity index (χ2v) is 9.52. The van der Waals surface area contributed by atoms with E-state index in [1.54, 1.807) is 27.7 Å². The quantitative estimate of drug-likeness (QED) is 0.601. The predicted molar refractivity (Wildman–Crippen MR) is 123 cm³/mol. The first-order valence-electron chi connectivity index (χ1n) is 10.7. The third kappa shape index (κ3) is 11.1. The van der Waals surface area contributed by atoms with Gasteiger partial charge in [-0.3, -0.25) is 0 Å².